The first-order valence-electron chi connectivity index (χ1n) is 9.48. The van der Waals surface area contributed by atoms with Crippen LogP contribution in [0.4, 0.5) is 0 Å². The Labute approximate surface area is 168 Å². The summed E-state index contributed by atoms with van der Waals surface area (Å²) in [5.74, 6) is 0.781. The smallest absolute Gasteiger partial charge is 0.329 e. The van der Waals surface area contributed by atoms with Gasteiger partial charge in [0.25, 0.3) is 5.91 Å². The Balaban J connectivity index is 1.84. The maximum Gasteiger partial charge on any atom is 0.329 e. The van der Waals surface area contributed by atoms with E-state index in [1.54, 1.807) is 11.8 Å². The van der Waals surface area contributed by atoms with Gasteiger partial charge in [-0.1, -0.05) is 42.1 Å². The predicted molar refractivity (Wildman–Crippen MR) is 108 cm³/mol. The van der Waals surface area contributed by atoms with Crippen LogP contribution in [-0.4, -0.2) is 40.6 Å². The summed E-state index contributed by atoms with van der Waals surface area (Å²) in [4.78, 5) is 27.7. The summed E-state index contributed by atoms with van der Waals surface area (Å²) in [5, 5.41) is 0.0747. The molecule has 4 nitrogen and oxygen atoms in total. The number of nitrogens with zero attached hydrogens (tertiary/aromatic N) is 1. The third kappa shape index (κ3) is 4.45. The molecule has 1 aliphatic heterocycles. The predicted octanol–water partition coefficient (Wildman–Crippen LogP) is 4.87. The molecule has 0 aromatic heterocycles. The minimum absolute atomic E-state index is 0.0588. The molecule has 1 saturated heterocycles. The van der Waals surface area contributed by atoms with Gasteiger partial charge in [0, 0.05) is 15.8 Å². The summed E-state index contributed by atoms with van der Waals surface area (Å²) in [5.41, 5.74) is 0.629. The van der Waals surface area contributed by atoms with Crippen molar-refractivity contribution in [2.45, 2.75) is 56.9 Å². The summed E-state index contributed by atoms with van der Waals surface area (Å²) in [6.45, 7) is 2.39. The van der Waals surface area contributed by atoms with Crippen molar-refractivity contribution in [3.8, 4) is 0 Å². The lowest BCUT2D eigenvalue weighted by molar-refractivity contribution is -0.148. The molecule has 3 rings (SSSR count). The first-order valence-corrected chi connectivity index (χ1v) is 11.3. The van der Waals surface area contributed by atoms with E-state index >= 15 is 0 Å². The number of carbonyl (C=O) groups is 2. The van der Waals surface area contributed by atoms with Crippen molar-refractivity contribution in [1.82, 2.24) is 4.90 Å². The molecular weight excluding hydrogens is 414 g/mol. The number of amides is 1. The van der Waals surface area contributed by atoms with E-state index in [1.165, 1.54) is 19.3 Å². The lowest BCUT2D eigenvalue weighted by atomic mass is 9.88. The average Bonchev–Trinajstić information content (AvgIpc) is 3.12. The first kappa shape index (κ1) is 19.7. The van der Waals surface area contributed by atoms with Crippen LogP contribution in [0.15, 0.2) is 28.7 Å². The summed E-state index contributed by atoms with van der Waals surface area (Å²) in [6.07, 6.45) is 6.77. The van der Waals surface area contributed by atoms with Crippen molar-refractivity contribution in [1.29, 1.82) is 0 Å². The molecule has 0 N–H and O–H groups in total. The summed E-state index contributed by atoms with van der Waals surface area (Å²) >= 11 is 5.16. The molecule has 142 valence electrons. The highest BCUT2D eigenvalue weighted by Gasteiger charge is 2.45. The van der Waals surface area contributed by atoms with Gasteiger partial charge in [0.05, 0.1) is 12.0 Å². The first-order chi connectivity index (χ1) is 12.6. The monoisotopic (exact) mass is 439 g/mol. The zero-order valence-electron chi connectivity index (χ0n) is 15.2. The third-order valence-corrected chi connectivity index (χ3v) is 7.12. The van der Waals surface area contributed by atoms with Gasteiger partial charge >= 0.3 is 5.97 Å². The highest BCUT2D eigenvalue weighted by atomic mass is 79.9. The second-order valence-electron chi connectivity index (χ2n) is 7.02. The topological polar surface area (TPSA) is 46.6 Å². The molecule has 1 aliphatic carbocycles. The van der Waals surface area contributed by atoms with E-state index in [0.717, 1.165) is 23.7 Å². The summed E-state index contributed by atoms with van der Waals surface area (Å²) < 4.78 is 6.33. The Morgan fingerprint density at radius 3 is 2.54 bits per heavy atom. The highest BCUT2D eigenvalue weighted by Crippen LogP contribution is 2.41. The number of benzene rings is 1. The van der Waals surface area contributed by atoms with Gasteiger partial charge in [-0.25, -0.2) is 4.79 Å². The molecule has 26 heavy (non-hydrogen) atoms. The van der Waals surface area contributed by atoms with Gasteiger partial charge in [0.2, 0.25) is 0 Å². The van der Waals surface area contributed by atoms with Crippen molar-refractivity contribution in [3.63, 3.8) is 0 Å². The minimum atomic E-state index is -0.477. The van der Waals surface area contributed by atoms with Crippen LogP contribution in [0.25, 0.3) is 0 Å². The van der Waals surface area contributed by atoms with Crippen LogP contribution < -0.4 is 0 Å². The Kier molecular flexibility index (Phi) is 7.04. The van der Waals surface area contributed by atoms with E-state index in [9.17, 15) is 9.59 Å². The van der Waals surface area contributed by atoms with Crippen molar-refractivity contribution in [2.75, 3.05) is 12.4 Å². The molecular formula is C20H26BrNO3S. The Bertz CT molecular complexity index is 630. The van der Waals surface area contributed by atoms with Gasteiger partial charge < -0.3 is 9.64 Å². The van der Waals surface area contributed by atoms with Gasteiger partial charge in [-0.2, -0.15) is 0 Å². The van der Waals surface area contributed by atoms with E-state index < -0.39 is 6.04 Å². The van der Waals surface area contributed by atoms with E-state index in [1.807, 2.05) is 36.1 Å². The number of carbonyl (C=O) groups excluding carboxylic acids is 2. The lowest BCUT2D eigenvalue weighted by Gasteiger charge is -2.35. The molecule has 2 fully saturated rings. The molecule has 0 bridgehead atoms. The molecule has 2 atom stereocenters. The second kappa shape index (κ2) is 9.27. The fraction of sp³-hybridized carbons (Fsp3) is 0.600. The quantitative estimate of drug-likeness (QED) is 0.614. The van der Waals surface area contributed by atoms with Gasteiger partial charge in [-0.3, -0.25) is 4.79 Å². The Hall–Kier alpha value is -1.01. The average molecular weight is 440 g/mol. The lowest BCUT2D eigenvalue weighted by Crippen LogP contribution is -2.48. The number of hydrogen-bond donors (Lipinski definition) is 0. The molecule has 0 radical (unpaired) electrons. The fourth-order valence-corrected chi connectivity index (χ4v) is 5.68. The van der Waals surface area contributed by atoms with E-state index in [0.29, 0.717) is 23.8 Å². The van der Waals surface area contributed by atoms with Crippen molar-refractivity contribution in [2.24, 2.45) is 5.92 Å². The van der Waals surface area contributed by atoms with Gasteiger partial charge in [-0.05, 0) is 49.4 Å². The molecule has 1 amide bonds. The molecule has 1 aromatic carbocycles. The normalized spacial score (nSPS) is 23.8. The van der Waals surface area contributed by atoms with E-state index in [2.05, 4.69) is 15.9 Å². The number of thioether (sulfide) groups is 1. The summed E-state index contributed by atoms with van der Waals surface area (Å²) in [6, 6.07) is 6.91. The van der Waals surface area contributed by atoms with Crippen molar-refractivity contribution < 1.29 is 14.3 Å². The number of hydrogen-bond acceptors (Lipinski definition) is 4. The van der Waals surface area contributed by atoms with Crippen LogP contribution >= 0.6 is 27.7 Å². The van der Waals surface area contributed by atoms with Crippen LogP contribution in [0.2, 0.25) is 0 Å². The second-order valence-corrected chi connectivity index (χ2v) is 9.09. The standard InChI is InChI=1S/C20H26BrNO3S/c1-2-12-25-20(24)17-13-26-19(15-6-4-3-5-7-15)22(17)18(23)14-8-10-16(21)11-9-14/h8-11,15,17,19H,2-7,12-13H2,1H3. The molecule has 1 aromatic rings. The number of ether oxygens (including phenoxy) is 1. The molecule has 6 heteroatoms. The van der Waals surface area contributed by atoms with Crippen molar-refractivity contribution >= 4 is 39.6 Å². The fourth-order valence-electron chi connectivity index (χ4n) is 3.79. The highest BCUT2D eigenvalue weighted by molar-refractivity contribution is 9.10. The molecule has 1 heterocycles. The Morgan fingerprint density at radius 2 is 1.88 bits per heavy atom. The maximum atomic E-state index is 13.3. The zero-order valence-corrected chi connectivity index (χ0v) is 17.6. The van der Waals surface area contributed by atoms with Crippen LogP contribution in [0.1, 0.15) is 55.8 Å². The van der Waals surface area contributed by atoms with Crippen molar-refractivity contribution in [3.05, 3.63) is 34.3 Å². The van der Waals surface area contributed by atoms with Crippen LogP contribution in [-0.2, 0) is 9.53 Å². The molecule has 2 aliphatic rings. The van der Waals surface area contributed by atoms with Gasteiger partial charge in [0.15, 0.2) is 0 Å². The number of esters is 1. The van der Waals surface area contributed by atoms with Gasteiger partial charge in [-0.15, -0.1) is 11.8 Å². The van der Waals surface area contributed by atoms with Crippen LogP contribution in [0.3, 0.4) is 0 Å². The molecule has 1 saturated carbocycles. The molecule has 2 unspecified atom stereocenters. The largest absolute Gasteiger partial charge is 0.464 e. The SMILES string of the molecule is CCCOC(=O)C1CSC(C2CCCCC2)N1C(=O)c1ccc(Br)cc1. The zero-order chi connectivity index (χ0) is 18.5. The van der Waals surface area contributed by atoms with Crippen LogP contribution in [0.5, 0.6) is 0 Å². The summed E-state index contributed by atoms with van der Waals surface area (Å²) in [7, 11) is 0. The Morgan fingerprint density at radius 1 is 1.19 bits per heavy atom. The van der Waals surface area contributed by atoms with Gasteiger partial charge in [0.1, 0.15) is 6.04 Å². The number of halogens is 1. The minimum Gasteiger partial charge on any atom is -0.464 e. The van der Waals surface area contributed by atoms with E-state index in [-0.39, 0.29) is 17.3 Å². The maximum absolute atomic E-state index is 13.3. The van der Waals surface area contributed by atoms with E-state index in [4.69, 9.17) is 4.74 Å². The van der Waals surface area contributed by atoms with Crippen LogP contribution in [0, 0.1) is 5.92 Å². The third-order valence-electron chi connectivity index (χ3n) is 5.13. The molecule has 0 spiro atoms. The number of rotatable bonds is 5.